The second kappa shape index (κ2) is 3.54. The third kappa shape index (κ3) is 2.72. The van der Waals surface area contributed by atoms with Gasteiger partial charge in [0.15, 0.2) is 0 Å². The Bertz CT molecular complexity index is 211. The van der Waals surface area contributed by atoms with Crippen molar-refractivity contribution in [2.45, 2.75) is 13.5 Å². The first-order chi connectivity index (χ1) is 5.18. The predicted octanol–water partition coefficient (Wildman–Crippen LogP) is 2.06. The zero-order chi connectivity index (χ0) is 8.27. The van der Waals surface area contributed by atoms with Crippen LogP contribution in [0.15, 0.2) is 24.3 Å². The highest BCUT2D eigenvalue weighted by Gasteiger charge is 1.92. The van der Waals surface area contributed by atoms with Gasteiger partial charge < -0.3 is 4.90 Å². The van der Waals surface area contributed by atoms with Crippen molar-refractivity contribution in [2.24, 2.45) is 0 Å². The minimum absolute atomic E-state index is 1.03. The summed E-state index contributed by atoms with van der Waals surface area (Å²) in [7, 11) is 4.17. The van der Waals surface area contributed by atoms with Gasteiger partial charge in [0.2, 0.25) is 0 Å². The minimum Gasteiger partial charge on any atom is -0.305 e. The van der Waals surface area contributed by atoms with Crippen LogP contribution in [0.5, 0.6) is 0 Å². The average Bonchev–Trinajstić information content (AvgIpc) is 1.93. The van der Waals surface area contributed by atoms with Gasteiger partial charge in [-0.05, 0) is 26.6 Å². The molecule has 1 heteroatoms. The maximum absolute atomic E-state index is 2.18. The smallest absolute Gasteiger partial charge is 0.0227 e. The predicted molar refractivity (Wildman–Crippen MR) is 48.6 cm³/mol. The van der Waals surface area contributed by atoms with Gasteiger partial charge in [0.25, 0.3) is 0 Å². The monoisotopic (exact) mass is 149 g/mol. The topological polar surface area (TPSA) is 3.24 Å². The van der Waals surface area contributed by atoms with Crippen LogP contribution in [0.4, 0.5) is 0 Å². The molecule has 0 spiro atoms. The second-order valence-electron chi connectivity index (χ2n) is 3.22. The van der Waals surface area contributed by atoms with Crippen LogP contribution in [-0.4, -0.2) is 19.0 Å². The molecule has 0 radical (unpaired) electrons. The van der Waals surface area contributed by atoms with E-state index in [0.717, 1.165) is 6.54 Å². The van der Waals surface area contributed by atoms with Crippen molar-refractivity contribution >= 4 is 0 Å². The first-order valence-corrected chi connectivity index (χ1v) is 3.89. The molecular formula is C10H15N. The Kier molecular flexibility index (Phi) is 2.66. The maximum atomic E-state index is 2.18. The van der Waals surface area contributed by atoms with Gasteiger partial charge in [-0.3, -0.25) is 0 Å². The summed E-state index contributed by atoms with van der Waals surface area (Å²) in [5, 5.41) is 0. The molecule has 0 unspecified atom stereocenters. The van der Waals surface area contributed by atoms with Gasteiger partial charge in [-0.1, -0.05) is 29.8 Å². The van der Waals surface area contributed by atoms with Crippen LogP contribution >= 0.6 is 0 Å². The fourth-order valence-corrected chi connectivity index (χ4v) is 1.06. The molecule has 0 aliphatic heterocycles. The van der Waals surface area contributed by atoms with E-state index in [1.54, 1.807) is 0 Å². The Balaban J connectivity index is 2.66. The molecule has 1 aromatic rings. The quantitative estimate of drug-likeness (QED) is 0.622. The third-order valence-corrected chi connectivity index (χ3v) is 1.62. The number of benzene rings is 1. The third-order valence-electron chi connectivity index (χ3n) is 1.62. The van der Waals surface area contributed by atoms with E-state index in [0.29, 0.717) is 0 Å². The van der Waals surface area contributed by atoms with Gasteiger partial charge in [0, 0.05) is 6.54 Å². The Morgan fingerprint density at radius 2 is 1.64 bits per heavy atom. The molecule has 0 fully saturated rings. The van der Waals surface area contributed by atoms with Crippen molar-refractivity contribution in [1.82, 2.24) is 4.90 Å². The molecule has 0 heterocycles. The lowest BCUT2D eigenvalue weighted by Crippen LogP contribution is -2.10. The summed E-state index contributed by atoms with van der Waals surface area (Å²) < 4.78 is 0. The molecule has 0 aliphatic rings. The van der Waals surface area contributed by atoms with Gasteiger partial charge in [0.1, 0.15) is 0 Å². The van der Waals surface area contributed by atoms with Gasteiger partial charge >= 0.3 is 0 Å². The normalized spacial score (nSPS) is 10.5. The fraction of sp³-hybridized carbons (Fsp3) is 0.400. The first-order valence-electron chi connectivity index (χ1n) is 3.89. The van der Waals surface area contributed by atoms with E-state index >= 15 is 0 Å². The molecule has 11 heavy (non-hydrogen) atoms. The van der Waals surface area contributed by atoms with Crippen LogP contribution in [0.25, 0.3) is 0 Å². The highest BCUT2D eigenvalue weighted by molar-refractivity contribution is 5.20. The zero-order valence-electron chi connectivity index (χ0n) is 7.46. The van der Waals surface area contributed by atoms with Gasteiger partial charge in [-0.2, -0.15) is 0 Å². The Morgan fingerprint density at radius 1 is 1.09 bits per heavy atom. The fourth-order valence-electron chi connectivity index (χ4n) is 1.06. The molecule has 1 rings (SSSR count). The molecular weight excluding hydrogens is 134 g/mol. The van der Waals surface area contributed by atoms with E-state index in [4.69, 9.17) is 0 Å². The molecule has 0 saturated heterocycles. The Morgan fingerprint density at radius 3 is 2.09 bits per heavy atom. The summed E-state index contributed by atoms with van der Waals surface area (Å²) in [4.78, 5) is 2.17. The summed E-state index contributed by atoms with van der Waals surface area (Å²) in [6.07, 6.45) is 0. The van der Waals surface area contributed by atoms with Crippen molar-refractivity contribution in [2.75, 3.05) is 14.1 Å². The van der Waals surface area contributed by atoms with Crippen LogP contribution < -0.4 is 0 Å². The first kappa shape index (κ1) is 8.28. The van der Waals surface area contributed by atoms with Crippen LogP contribution in [0.1, 0.15) is 11.1 Å². The van der Waals surface area contributed by atoms with Gasteiger partial charge in [0.05, 0.1) is 0 Å². The van der Waals surface area contributed by atoms with E-state index in [-0.39, 0.29) is 0 Å². The molecule has 60 valence electrons. The summed E-state index contributed by atoms with van der Waals surface area (Å²) in [6, 6.07) is 8.66. The molecule has 0 N–H and O–H groups in total. The molecule has 0 aromatic heterocycles. The molecule has 0 aliphatic carbocycles. The molecule has 0 amide bonds. The average molecular weight is 149 g/mol. The number of hydrogen-bond acceptors (Lipinski definition) is 1. The number of rotatable bonds is 2. The lowest BCUT2D eigenvalue weighted by atomic mass is 10.1. The summed E-state index contributed by atoms with van der Waals surface area (Å²) >= 11 is 0. The lowest BCUT2D eigenvalue weighted by Gasteiger charge is -2.08. The highest BCUT2D eigenvalue weighted by atomic mass is 15.0. The van der Waals surface area contributed by atoms with Crippen molar-refractivity contribution in [1.29, 1.82) is 0 Å². The zero-order valence-corrected chi connectivity index (χ0v) is 7.46. The van der Waals surface area contributed by atoms with Crippen molar-refractivity contribution < 1.29 is 0 Å². The standard InChI is InChI=1S/C10H15N/c1-9-4-6-10(7-5-9)8-11(2)3/h4-7H,8H2,1-3H3. The summed E-state index contributed by atoms with van der Waals surface area (Å²) in [6.45, 7) is 3.14. The molecule has 1 aromatic carbocycles. The second-order valence-corrected chi connectivity index (χ2v) is 3.22. The van der Waals surface area contributed by atoms with Gasteiger partial charge in [-0.15, -0.1) is 0 Å². The van der Waals surface area contributed by atoms with Crippen LogP contribution in [0, 0.1) is 6.92 Å². The number of hydrogen-bond donors (Lipinski definition) is 0. The molecule has 0 atom stereocenters. The summed E-state index contributed by atoms with van der Waals surface area (Å²) in [5.74, 6) is 0. The van der Waals surface area contributed by atoms with Crippen LogP contribution in [-0.2, 0) is 6.54 Å². The van der Waals surface area contributed by atoms with Crippen molar-refractivity contribution in [3.05, 3.63) is 35.4 Å². The Hall–Kier alpha value is -0.820. The largest absolute Gasteiger partial charge is 0.305 e. The highest BCUT2D eigenvalue weighted by Crippen LogP contribution is 2.04. The van der Waals surface area contributed by atoms with E-state index in [1.165, 1.54) is 11.1 Å². The summed E-state index contributed by atoms with van der Waals surface area (Å²) in [5.41, 5.74) is 2.70. The van der Waals surface area contributed by atoms with Gasteiger partial charge in [-0.25, -0.2) is 0 Å². The molecule has 0 bridgehead atoms. The molecule has 1 nitrogen and oxygen atoms in total. The molecule has 0 saturated carbocycles. The van der Waals surface area contributed by atoms with E-state index in [2.05, 4.69) is 50.2 Å². The van der Waals surface area contributed by atoms with E-state index in [9.17, 15) is 0 Å². The van der Waals surface area contributed by atoms with Crippen LogP contribution in [0.3, 0.4) is 0 Å². The Labute approximate surface area is 68.7 Å². The number of nitrogens with zero attached hydrogens (tertiary/aromatic N) is 1. The van der Waals surface area contributed by atoms with E-state index in [1.807, 2.05) is 0 Å². The maximum Gasteiger partial charge on any atom is 0.0227 e. The van der Waals surface area contributed by atoms with E-state index < -0.39 is 0 Å². The van der Waals surface area contributed by atoms with Crippen molar-refractivity contribution in [3.63, 3.8) is 0 Å². The van der Waals surface area contributed by atoms with Crippen LogP contribution in [0.2, 0.25) is 0 Å². The lowest BCUT2D eigenvalue weighted by molar-refractivity contribution is 0.402. The number of aryl methyl sites for hydroxylation is 1. The minimum atomic E-state index is 1.03. The van der Waals surface area contributed by atoms with Crippen molar-refractivity contribution in [3.8, 4) is 0 Å². The SMILES string of the molecule is Cc1ccc(CN(C)C)cc1.